The van der Waals surface area contributed by atoms with Crippen molar-refractivity contribution in [2.75, 3.05) is 13.2 Å². The van der Waals surface area contributed by atoms with Crippen molar-refractivity contribution >= 4 is 23.6 Å². The number of rotatable bonds is 3. The van der Waals surface area contributed by atoms with Crippen molar-refractivity contribution in [1.82, 2.24) is 10.2 Å². The monoisotopic (exact) mass is 356 g/mol. The first kappa shape index (κ1) is 14.2. The highest BCUT2D eigenvalue weighted by Crippen LogP contribution is 2.92. The zero-order chi connectivity index (χ0) is 17.5. The number of nitrogens with zero attached hydrogens (tertiary/aromatic N) is 1. The van der Waals surface area contributed by atoms with E-state index < -0.39 is 11.5 Å². The maximum absolute atomic E-state index is 13.0. The summed E-state index contributed by atoms with van der Waals surface area (Å²) < 4.78 is 5.59. The summed E-state index contributed by atoms with van der Waals surface area (Å²) in [5.41, 5.74) is -0.567. The Balaban J connectivity index is 1.10. The van der Waals surface area contributed by atoms with Gasteiger partial charge in [-0.1, -0.05) is 0 Å². The number of hydrogen-bond acceptors (Lipinski definition) is 5. The van der Waals surface area contributed by atoms with Crippen LogP contribution in [0.4, 0.5) is 0 Å². The molecule has 4 bridgehead atoms. The summed E-state index contributed by atoms with van der Waals surface area (Å²) in [5.74, 6) is 1.77. The number of ether oxygens (including phenoxy) is 1. The summed E-state index contributed by atoms with van der Waals surface area (Å²) >= 11 is 0. The topological polar surface area (TPSA) is 92.8 Å². The molecule has 7 heteroatoms. The smallest absolute Gasteiger partial charge is 0.313 e. The van der Waals surface area contributed by atoms with E-state index in [4.69, 9.17) is 4.74 Å². The Labute approximate surface area is 149 Å². The van der Waals surface area contributed by atoms with Crippen LogP contribution in [0.2, 0.25) is 0 Å². The average molecular weight is 356 g/mol. The molecule has 26 heavy (non-hydrogen) atoms. The molecule has 2 aliphatic heterocycles. The molecular weight excluding hydrogens is 336 g/mol. The number of esters is 1. The summed E-state index contributed by atoms with van der Waals surface area (Å²) in [6.07, 6.45) is 2.65. The molecule has 8 rings (SSSR count). The molecule has 1 N–H and O–H groups in total. The second-order valence-electron chi connectivity index (χ2n) is 9.38. The highest BCUT2D eigenvalue weighted by molar-refractivity contribution is 6.03. The van der Waals surface area contributed by atoms with Gasteiger partial charge >= 0.3 is 5.97 Å². The van der Waals surface area contributed by atoms with Gasteiger partial charge in [-0.2, -0.15) is 0 Å². The third-order valence-electron chi connectivity index (χ3n) is 9.05. The van der Waals surface area contributed by atoms with Gasteiger partial charge < -0.3 is 15.0 Å². The van der Waals surface area contributed by atoms with E-state index in [9.17, 15) is 19.2 Å². The van der Waals surface area contributed by atoms with E-state index in [-0.39, 0.29) is 48.2 Å². The van der Waals surface area contributed by atoms with Gasteiger partial charge in [0.05, 0.1) is 5.41 Å². The third-order valence-corrected chi connectivity index (χ3v) is 9.05. The molecule has 136 valence electrons. The quantitative estimate of drug-likeness (QED) is 0.678. The molecule has 0 aromatic carbocycles. The summed E-state index contributed by atoms with van der Waals surface area (Å²) in [6.45, 7) is 0.483. The van der Waals surface area contributed by atoms with Gasteiger partial charge in [0.2, 0.25) is 11.8 Å². The Morgan fingerprint density at radius 2 is 2.08 bits per heavy atom. The van der Waals surface area contributed by atoms with E-state index in [0.717, 1.165) is 12.8 Å². The lowest BCUT2D eigenvalue weighted by Gasteiger charge is -2.69. The molecule has 2 heterocycles. The highest BCUT2D eigenvalue weighted by atomic mass is 16.5. The van der Waals surface area contributed by atoms with Crippen LogP contribution in [0.3, 0.4) is 0 Å². The molecule has 10 atom stereocenters. The molecule has 6 saturated carbocycles. The molecule has 0 spiro atoms. The van der Waals surface area contributed by atoms with Crippen LogP contribution in [0.5, 0.6) is 0 Å². The van der Waals surface area contributed by atoms with Crippen LogP contribution in [-0.2, 0) is 23.9 Å². The van der Waals surface area contributed by atoms with Crippen LogP contribution in [0, 0.1) is 46.8 Å². The molecule has 0 aromatic rings. The van der Waals surface area contributed by atoms with Gasteiger partial charge in [-0.15, -0.1) is 0 Å². The van der Waals surface area contributed by atoms with Crippen molar-refractivity contribution in [3.05, 3.63) is 0 Å². The van der Waals surface area contributed by atoms with E-state index in [2.05, 4.69) is 5.32 Å². The third kappa shape index (κ3) is 1.13. The standard InChI is InChI=1S/C19H20N2O5/c22-15-11-6-4-7-12-10(6)14(15)19(12,13(7)11)18(25)26-5-8-17(24)21-3-1-2-9(21)16(23)20-8/h6-14H,1-5H2,(H,20,23)/t6?,7?,8-,9-,10?,11?,12?,13?,14?,19?/m0/s1. The van der Waals surface area contributed by atoms with Gasteiger partial charge in [-0.25, -0.2) is 0 Å². The van der Waals surface area contributed by atoms with Crippen molar-refractivity contribution in [2.24, 2.45) is 46.8 Å². The molecule has 8 aliphatic rings. The van der Waals surface area contributed by atoms with E-state index >= 15 is 0 Å². The number of carbonyl (C=O) groups is 4. The Morgan fingerprint density at radius 3 is 2.88 bits per heavy atom. The first-order valence-corrected chi connectivity index (χ1v) is 9.88. The second-order valence-corrected chi connectivity index (χ2v) is 9.38. The number of piperazine rings is 1. The van der Waals surface area contributed by atoms with Crippen LogP contribution in [0.25, 0.3) is 0 Å². The lowest BCUT2D eigenvalue weighted by Crippen LogP contribution is -2.74. The predicted octanol–water partition coefficient (Wildman–Crippen LogP) is -0.654. The summed E-state index contributed by atoms with van der Waals surface area (Å²) in [7, 11) is 0. The largest absolute Gasteiger partial charge is 0.462 e. The second kappa shape index (κ2) is 3.99. The van der Waals surface area contributed by atoms with Crippen molar-refractivity contribution in [2.45, 2.75) is 31.3 Å². The van der Waals surface area contributed by atoms with Crippen molar-refractivity contribution in [3.63, 3.8) is 0 Å². The first-order valence-electron chi connectivity index (χ1n) is 9.88. The van der Waals surface area contributed by atoms with Crippen molar-refractivity contribution in [3.8, 4) is 0 Å². The number of ketones is 1. The van der Waals surface area contributed by atoms with Gasteiger partial charge in [0.25, 0.3) is 0 Å². The van der Waals surface area contributed by atoms with Crippen molar-refractivity contribution < 1.29 is 23.9 Å². The summed E-state index contributed by atoms with van der Waals surface area (Å²) in [5, 5.41) is 2.72. The number of nitrogens with one attached hydrogen (secondary N) is 1. The number of hydrogen-bond donors (Lipinski definition) is 1. The lowest BCUT2D eigenvalue weighted by molar-refractivity contribution is -0.264. The van der Waals surface area contributed by atoms with Crippen LogP contribution in [0.1, 0.15) is 19.3 Å². The Hall–Kier alpha value is -1.92. The Kier molecular flexibility index (Phi) is 2.18. The molecular formula is C19H20N2O5. The van der Waals surface area contributed by atoms with E-state index in [0.29, 0.717) is 42.4 Å². The van der Waals surface area contributed by atoms with Crippen LogP contribution >= 0.6 is 0 Å². The van der Waals surface area contributed by atoms with Crippen LogP contribution in [0.15, 0.2) is 0 Å². The van der Waals surface area contributed by atoms with E-state index in [1.54, 1.807) is 4.90 Å². The molecule has 8 unspecified atom stereocenters. The highest BCUT2D eigenvalue weighted by Gasteiger charge is 2.96. The fraction of sp³-hybridized carbons (Fsp3) is 0.789. The summed E-state index contributed by atoms with van der Waals surface area (Å²) in [6, 6.07) is -1.14. The first-order chi connectivity index (χ1) is 12.6. The number of amides is 2. The Morgan fingerprint density at radius 1 is 1.23 bits per heavy atom. The maximum atomic E-state index is 13.0. The van der Waals surface area contributed by atoms with Gasteiger partial charge in [-0.05, 0) is 48.9 Å². The van der Waals surface area contributed by atoms with Crippen LogP contribution in [-0.4, -0.2) is 53.7 Å². The zero-order valence-corrected chi connectivity index (χ0v) is 14.2. The minimum absolute atomic E-state index is 0.105. The normalized spacial score (nSPS) is 56.4. The number of fused-ring (bicyclic) bond motifs is 1. The maximum Gasteiger partial charge on any atom is 0.313 e. The van der Waals surface area contributed by atoms with Gasteiger partial charge in [-0.3, -0.25) is 19.2 Å². The van der Waals surface area contributed by atoms with Gasteiger partial charge in [0.15, 0.2) is 0 Å². The van der Waals surface area contributed by atoms with Gasteiger partial charge in [0.1, 0.15) is 24.5 Å². The SMILES string of the molecule is O=C1C2C3CC4C2C2(C(=O)OC[C@@H]5NC(=O)[C@@H]6CCCN6C5=O)C1C3C42. The Bertz CT molecular complexity index is 825. The van der Waals surface area contributed by atoms with Crippen molar-refractivity contribution in [1.29, 1.82) is 0 Å². The average Bonchev–Trinajstić information content (AvgIpc) is 3.31. The molecule has 0 radical (unpaired) electrons. The minimum Gasteiger partial charge on any atom is -0.462 e. The molecule has 7 nitrogen and oxygen atoms in total. The molecule has 0 aromatic heterocycles. The minimum atomic E-state index is -0.785. The number of carbonyl (C=O) groups excluding carboxylic acids is 4. The lowest BCUT2D eigenvalue weighted by atomic mass is 9.32. The summed E-state index contributed by atoms with van der Waals surface area (Å²) in [4.78, 5) is 51.9. The number of Topliss-reactive ketones (excluding diaryl/α,β-unsaturated/α-hetero) is 1. The zero-order valence-electron chi connectivity index (χ0n) is 14.2. The van der Waals surface area contributed by atoms with Gasteiger partial charge in [0, 0.05) is 18.4 Å². The molecule has 6 aliphatic carbocycles. The van der Waals surface area contributed by atoms with Crippen LogP contribution < -0.4 is 5.32 Å². The fourth-order valence-corrected chi connectivity index (χ4v) is 8.60. The molecule has 8 fully saturated rings. The van der Waals surface area contributed by atoms with E-state index in [1.165, 1.54) is 0 Å². The molecule has 2 amide bonds. The predicted molar refractivity (Wildman–Crippen MR) is 84.1 cm³/mol. The fourth-order valence-electron chi connectivity index (χ4n) is 8.60. The molecule has 2 saturated heterocycles. The van der Waals surface area contributed by atoms with E-state index in [1.807, 2.05) is 0 Å².